The van der Waals surface area contributed by atoms with Crippen LogP contribution in [0.15, 0.2) is 4.99 Å². The second-order valence-electron chi connectivity index (χ2n) is 7.00. The third-order valence-corrected chi connectivity index (χ3v) is 4.68. The first-order chi connectivity index (χ1) is 12.6. The third kappa shape index (κ3) is 9.38. The molecular formula is C19H39N5O2. The van der Waals surface area contributed by atoms with E-state index < -0.39 is 0 Å². The minimum Gasteiger partial charge on any atom is -0.381 e. The number of unbranched alkanes of at least 4 members (excludes halogenated alkanes) is 1. The Morgan fingerprint density at radius 3 is 2.69 bits per heavy atom. The van der Waals surface area contributed by atoms with Gasteiger partial charge < -0.3 is 20.3 Å². The van der Waals surface area contributed by atoms with Gasteiger partial charge in [-0.2, -0.15) is 0 Å². The van der Waals surface area contributed by atoms with E-state index in [-0.39, 0.29) is 12.5 Å². The summed E-state index contributed by atoms with van der Waals surface area (Å²) in [6, 6.07) is 0.550. The lowest BCUT2D eigenvalue weighted by molar-refractivity contribution is -0.127. The highest BCUT2D eigenvalue weighted by molar-refractivity contribution is 5.84. The molecule has 2 N–H and O–H groups in total. The quantitative estimate of drug-likeness (QED) is 0.308. The molecule has 1 fully saturated rings. The maximum Gasteiger partial charge on any atom is 0.243 e. The maximum atomic E-state index is 11.8. The molecule has 0 spiro atoms. The van der Waals surface area contributed by atoms with Crippen LogP contribution in [0.3, 0.4) is 0 Å². The molecule has 1 heterocycles. The van der Waals surface area contributed by atoms with Crippen LogP contribution in [-0.2, 0) is 9.53 Å². The molecule has 7 nitrogen and oxygen atoms in total. The predicted octanol–water partition coefficient (Wildman–Crippen LogP) is 1.30. The molecule has 1 aliphatic rings. The summed E-state index contributed by atoms with van der Waals surface area (Å²) >= 11 is 0. The van der Waals surface area contributed by atoms with Crippen molar-refractivity contribution in [3.05, 3.63) is 0 Å². The van der Waals surface area contributed by atoms with Crippen molar-refractivity contribution in [2.45, 2.75) is 52.0 Å². The fraction of sp³-hybridized carbons (Fsp3) is 0.895. The Bertz CT molecular complexity index is 415. The van der Waals surface area contributed by atoms with E-state index in [1.54, 1.807) is 19.0 Å². The number of hydrogen-bond acceptors (Lipinski definition) is 4. The van der Waals surface area contributed by atoms with Crippen molar-refractivity contribution in [3.8, 4) is 0 Å². The standard InChI is InChI=1S/C19H39N5O2/c1-5-7-13-26-14-9-11-20-19(22-16-18(25)23(3)4)21-15-17-10-8-12-24(17)6-2/h17H,5-16H2,1-4H3,(H2,20,21,22). The molecule has 0 aromatic carbocycles. The highest BCUT2D eigenvalue weighted by Gasteiger charge is 2.22. The average molecular weight is 370 g/mol. The Morgan fingerprint density at radius 2 is 2.00 bits per heavy atom. The molecule has 0 saturated carbocycles. The topological polar surface area (TPSA) is 69.2 Å². The number of nitrogens with zero attached hydrogens (tertiary/aromatic N) is 3. The molecule has 0 bridgehead atoms. The first-order valence-corrected chi connectivity index (χ1v) is 10.1. The van der Waals surface area contributed by atoms with Crippen molar-refractivity contribution in [2.75, 3.05) is 60.0 Å². The Labute approximate surface area is 159 Å². The van der Waals surface area contributed by atoms with Crippen molar-refractivity contribution >= 4 is 11.9 Å². The fourth-order valence-electron chi connectivity index (χ4n) is 2.95. The Kier molecular flexibility index (Phi) is 12.1. The van der Waals surface area contributed by atoms with E-state index >= 15 is 0 Å². The van der Waals surface area contributed by atoms with Crippen LogP contribution in [-0.4, -0.2) is 87.7 Å². The zero-order chi connectivity index (χ0) is 19.2. The Balaban J connectivity index is 2.40. The zero-order valence-electron chi connectivity index (χ0n) is 17.2. The van der Waals surface area contributed by atoms with Crippen LogP contribution >= 0.6 is 0 Å². The number of guanidine groups is 1. The van der Waals surface area contributed by atoms with Crippen LogP contribution in [0.2, 0.25) is 0 Å². The summed E-state index contributed by atoms with van der Waals surface area (Å²) in [6.07, 6.45) is 5.68. The lowest BCUT2D eigenvalue weighted by Gasteiger charge is -2.24. The van der Waals surface area contributed by atoms with Crippen molar-refractivity contribution in [1.82, 2.24) is 20.4 Å². The first kappa shape index (κ1) is 22.7. The molecule has 0 aromatic heterocycles. The first-order valence-electron chi connectivity index (χ1n) is 10.1. The van der Waals surface area contributed by atoms with E-state index in [9.17, 15) is 4.79 Å². The van der Waals surface area contributed by atoms with Gasteiger partial charge in [0.25, 0.3) is 0 Å². The van der Waals surface area contributed by atoms with Gasteiger partial charge in [0, 0.05) is 46.4 Å². The number of rotatable bonds is 12. The van der Waals surface area contributed by atoms with E-state index in [0.29, 0.717) is 6.04 Å². The number of carbonyl (C=O) groups excluding carboxylic acids is 1. The summed E-state index contributed by atoms with van der Waals surface area (Å²) in [4.78, 5) is 20.3. The second-order valence-corrected chi connectivity index (χ2v) is 7.00. The molecular weight excluding hydrogens is 330 g/mol. The molecule has 152 valence electrons. The van der Waals surface area contributed by atoms with Gasteiger partial charge in [-0.1, -0.05) is 20.3 Å². The van der Waals surface area contributed by atoms with Gasteiger partial charge >= 0.3 is 0 Å². The zero-order valence-corrected chi connectivity index (χ0v) is 17.2. The molecule has 0 aliphatic carbocycles. The number of likely N-dealkylation sites (tertiary alicyclic amines) is 1. The monoisotopic (exact) mass is 369 g/mol. The van der Waals surface area contributed by atoms with Crippen LogP contribution in [0.25, 0.3) is 0 Å². The number of likely N-dealkylation sites (N-methyl/N-ethyl adjacent to an activating group) is 2. The molecule has 1 aliphatic heterocycles. The molecule has 1 unspecified atom stereocenters. The minimum absolute atomic E-state index is 0.00468. The van der Waals surface area contributed by atoms with Gasteiger partial charge in [0.2, 0.25) is 5.91 Å². The molecule has 1 amide bonds. The number of ether oxygens (including phenoxy) is 1. The summed E-state index contributed by atoms with van der Waals surface area (Å²) in [5.74, 6) is 0.724. The molecule has 7 heteroatoms. The summed E-state index contributed by atoms with van der Waals surface area (Å²) in [6.45, 7) is 10.0. The number of carbonyl (C=O) groups is 1. The Morgan fingerprint density at radius 1 is 1.23 bits per heavy atom. The average Bonchev–Trinajstić information content (AvgIpc) is 3.09. The van der Waals surface area contributed by atoms with Crippen LogP contribution in [0.5, 0.6) is 0 Å². The van der Waals surface area contributed by atoms with Crippen LogP contribution in [0.1, 0.15) is 46.0 Å². The summed E-state index contributed by atoms with van der Waals surface area (Å²) in [5, 5.41) is 6.75. The van der Waals surface area contributed by atoms with Crippen molar-refractivity contribution < 1.29 is 9.53 Å². The van der Waals surface area contributed by atoms with Gasteiger partial charge in [0.1, 0.15) is 6.54 Å². The minimum atomic E-state index is 0.00468. The summed E-state index contributed by atoms with van der Waals surface area (Å²) in [7, 11) is 3.51. The fourth-order valence-corrected chi connectivity index (χ4v) is 2.95. The van der Waals surface area contributed by atoms with Gasteiger partial charge in [-0.3, -0.25) is 9.69 Å². The van der Waals surface area contributed by atoms with Crippen LogP contribution in [0, 0.1) is 0 Å². The summed E-state index contributed by atoms with van der Waals surface area (Å²) in [5.41, 5.74) is 0. The van der Waals surface area contributed by atoms with E-state index in [0.717, 1.165) is 58.1 Å². The van der Waals surface area contributed by atoms with Gasteiger partial charge in [0.15, 0.2) is 5.96 Å². The molecule has 0 aromatic rings. The molecule has 0 radical (unpaired) electrons. The van der Waals surface area contributed by atoms with Gasteiger partial charge in [-0.05, 0) is 38.8 Å². The molecule has 1 saturated heterocycles. The number of hydrogen-bond donors (Lipinski definition) is 2. The summed E-state index contributed by atoms with van der Waals surface area (Å²) < 4.78 is 5.59. The van der Waals surface area contributed by atoms with Gasteiger partial charge in [0.05, 0.1) is 0 Å². The highest BCUT2D eigenvalue weighted by atomic mass is 16.5. The molecule has 1 rings (SSSR count). The van der Waals surface area contributed by atoms with E-state index in [1.807, 2.05) is 0 Å². The normalized spacial score (nSPS) is 18.2. The molecule has 26 heavy (non-hydrogen) atoms. The highest BCUT2D eigenvalue weighted by Crippen LogP contribution is 2.15. The van der Waals surface area contributed by atoms with Crippen LogP contribution < -0.4 is 10.6 Å². The Hall–Kier alpha value is -1.34. The predicted molar refractivity (Wildman–Crippen MR) is 108 cm³/mol. The van der Waals surface area contributed by atoms with Gasteiger partial charge in [-0.25, -0.2) is 4.99 Å². The van der Waals surface area contributed by atoms with Crippen molar-refractivity contribution in [1.29, 1.82) is 0 Å². The van der Waals surface area contributed by atoms with E-state index in [2.05, 4.69) is 34.4 Å². The van der Waals surface area contributed by atoms with Crippen molar-refractivity contribution in [3.63, 3.8) is 0 Å². The second kappa shape index (κ2) is 13.8. The number of nitrogens with one attached hydrogen (secondary N) is 2. The lowest BCUT2D eigenvalue weighted by atomic mass is 10.2. The lowest BCUT2D eigenvalue weighted by Crippen LogP contribution is -2.45. The van der Waals surface area contributed by atoms with E-state index in [1.165, 1.54) is 19.4 Å². The van der Waals surface area contributed by atoms with Gasteiger partial charge in [-0.15, -0.1) is 0 Å². The SMILES string of the molecule is CCCCOCCCNC(=NCC(=O)N(C)C)NCC1CCCN1CC. The largest absolute Gasteiger partial charge is 0.381 e. The van der Waals surface area contributed by atoms with E-state index in [4.69, 9.17) is 4.74 Å². The van der Waals surface area contributed by atoms with Crippen molar-refractivity contribution in [2.24, 2.45) is 4.99 Å². The number of amides is 1. The smallest absolute Gasteiger partial charge is 0.243 e. The van der Waals surface area contributed by atoms with Crippen LogP contribution in [0.4, 0.5) is 0 Å². The molecule has 1 atom stereocenters. The number of aliphatic imine (C=N–C) groups is 1. The maximum absolute atomic E-state index is 11.8. The third-order valence-electron chi connectivity index (χ3n) is 4.68.